The van der Waals surface area contributed by atoms with Gasteiger partial charge < -0.3 is 14.2 Å². The highest BCUT2D eigenvalue weighted by Gasteiger charge is 2.54. The molecular weight excluding hydrogens is 366 g/mol. The number of aryl methyl sites for hydroxylation is 1. The van der Waals surface area contributed by atoms with Gasteiger partial charge in [-0.05, 0) is 32.9 Å². The first-order valence-electron chi connectivity index (χ1n) is 9.58. The number of benzene rings is 2. The number of likely N-dealkylation sites (N-methyl/N-ethyl adjacent to an activating group) is 1. The Morgan fingerprint density at radius 3 is 2.38 bits per heavy atom. The summed E-state index contributed by atoms with van der Waals surface area (Å²) >= 11 is 0. The summed E-state index contributed by atoms with van der Waals surface area (Å²) in [5.41, 5.74) is 1.15. The van der Waals surface area contributed by atoms with Crippen molar-refractivity contribution in [3.63, 3.8) is 0 Å². The molecule has 1 aliphatic rings. The van der Waals surface area contributed by atoms with Crippen LogP contribution in [0.4, 0.5) is 10.5 Å². The van der Waals surface area contributed by atoms with Gasteiger partial charge in [-0.15, -0.1) is 0 Å². The number of amides is 2. The van der Waals surface area contributed by atoms with E-state index in [1.54, 1.807) is 32.7 Å². The van der Waals surface area contributed by atoms with E-state index in [0.29, 0.717) is 0 Å². The van der Waals surface area contributed by atoms with Crippen LogP contribution < -0.4 is 10.2 Å². The van der Waals surface area contributed by atoms with E-state index in [0.717, 1.165) is 27.7 Å². The van der Waals surface area contributed by atoms with Gasteiger partial charge in [-0.1, -0.05) is 36.4 Å². The second-order valence-electron chi connectivity index (χ2n) is 8.43. The van der Waals surface area contributed by atoms with Crippen LogP contribution in [0, 0.1) is 0 Å². The summed E-state index contributed by atoms with van der Waals surface area (Å²) in [6.07, 6.45) is 1.28. The molecule has 2 heterocycles. The standard InChI is InChI=1S/C23H25N3O3/c1-22(2,3)29-21(28)24-23(16-11-7-9-13-19(16)26(5)20(23)27)17-14-25(4)18-12-8-6-10-15(17)18/h6-14H,1-5H3,(H,24,28)/t23-/m1/s1. The van der Waals surface area contributed by atoms with Crippen molar-refractivity contribution in [2.24, 2.45) is 7.05 Å². The van der Waals surface area contributed by atoms with Crippen LogP contribution in [0.5, 0.6) is 0 Å². The van der Waals surface area contributed by atoms with Crippen LogP contribution in [0.2, 0.25) is 0 Å². The minimum absolute atomic E-state index is 0.221. The van der Waals surface area contributed by atoms with E-state index in [9.17, 15) is 9.59 Å². The minimum Gasteiger partial charge on any atom is -0.444 e. The quantitative estimate of drug-likeness (QED) is 0.720. The summed E-state index contributed by atoms with van der Waals surface area (Å²) in [7, 11) is 3.66. The van der Waals surface area contributed by atoms with Gasteiger partial charge in [0.25, 0.3) is 5.91 Å². The number of aromatic nitrogens is 1. The third-order valence-corrected chi connectivity index (χ3v) is 5.28. The molecule has 1 aromatic heterocycles. The highest BCUT2D eigenvalue weighted by molar-refractivity contribution is 6.13. The fourth-order valence-electron chi connectivity index (χ4n) is 4.11. The van der Waals surface area contributed by atoms with Crippen molar-refractivity contribution in [1.29, 1.82) is 0 Å². The molecule has 2 aromatic carbocycles. The maximum atomic E-state index is 13.7. The lowest BCUT2D eigenvalue weighted by Crippen LogP contribution is -2.54. The van der Waals surface area contributed by atoms with Gasteiger partial charge in [-0.2, -0.15) is 0 Å². The number of hydrogen-bond donors (Lipinski definition) is 1. The van der Waals surface area contributed by atoms with Crippen molar-refractivity contribution in [2.75, 3.05) is 11.9 Å². The first kappa shape index (κ1) is 19.1. The lowest BCUT2D eigenvalue weighted by Gasteiger charge is -2.31. The number of hydrogen-bond acceptors (Lipinski definition) is 3. The minimum atomic E-state index is -1.37. The highest BCUT2D eigenvalue weighted by atomic mass is 16.6. The third-order valence-electron chi connectivity index (χ3n) is 5.28. The Labute approximate surface area is 170 Å². The van der Waals surface area contributed by atoms with Gasteiger partial charge >= 0.3 is 6.09 Å². The van der Waals surface area contributed by atoms with E-state index >= 15 is 0 Å². The number of para-hydroxylation sites is 2. The van der Waals surface area contributed by atoms with E-state index in [2.05, 4.69) is 5.32 Å². The Morgan fingerprint density at radius 1 is 1.00 bits per heavy atom. The first-order chi connectivity index (χ1) is 13.6. The Kier molecular flexibility index (Phi) is 4.19. The summed E-state index contributed by atoms with van der Waals surface area (Å²) in [4.78, 5) is 28.2. The van der Waals surface area contributed by atoms with Crippen LogP contribution in [-0.2, 0) is 22.1 Å². The van der Waals surface area contributed by atoms with Gasteiger partial charge in [0, 0.05) is 48.0 Å². The maximum absolute atomic E-state index is 13.7. The fraction of sp³-hybridized carbons (Fsp3) is 0.304. The number of carbonyl (C=O) groups is 2. The number of nitrogens with zero attached hydrogens (tertiary/aromatic N) is 2. The van der Waals surface area contributed by atoms with E-state index in [1.165, 1.54) is 0 Å². The molecule has 1 aliphatic heterocycles. The molecule has 4 rings (SSSR count). The maximum Gasteiger partial charge on any atom is 0.409 e. The zero-order chi connectivity index (χ0) is 21.0. The topological polar surface area (TPSA) is 63.6 Å². The Balaban J connectivity index is 1.99. The molecule has 0 unspecified atom stereocenters. The lowest BCUT2D eigenvalue weighted by molar-refractivity contribution is -0.122. The number of anilines is 1. The number of nitrogens with one attached hydrogen (secondary N) is 1. The SMILES string of the molecule is CN1C(=O)[C@](NC(=O)OC(C)(C)C)(c2cn(C)c3ccccc23)c2ccccc21. The lowest BCUT2D eigenvalue weighted by atomic mass is 9.83. The smallest absolute Gasteiger partial charge is 0.409 e. The van der Waals surface area contributed by atoms with Crippen molar-refractivity contribution in [3.8, 4) is 0 Å². The van der Waals surface area contributed by atoms with Gasteiger partial charge in [0.2, 0.25) is 0 Å². The van der Waals surface area contributed by atoms with Crippen molar-refractivity contribution < 1.29 is 14.3 Å². The fourth-order valence-corrected chi connectivity index (χ4v) is 4.11. The summed E-state index contributed by atoms with van der Waals surface area (Å²) in [6, 6.07) is 15.4. The van der Waals surface area contributed by atoms with E-state index < -0.39 is 17.2 Å². The second kappa shape index (κ2) is 6.37. The van der Waals surface area contributed by atoms with Gasteiger partial charge in [0.1, 0.15) is 5.60 Å². The molecule has 29 heavy (non-hydrogen) atoms. The Morgan fingerprint density at radius 2 is 1.66 bits per heavy atom. The number of alkyl carbamates (subject to hydrolysis) is 1. The van der Waals surface area contributed by atoms with Gasteiger partial charge in [-0.25, -0.2) is 4.79 Å². The largest absolute Gasteiger partial charge is 0.444 e. The molecule has 150 valence electrons. The van der Waals surface area contributed by atoms with Gasteiger partial charge in [-0.3, -0.25) is 10.1 Å². The van der Waals surface area contributed by atoms with Crippen LogP contribution in [0.1, 0.15) is 31.9 Å². The summed E-state index contributed by atoms with van der Waals surface area (Å²) < 4.78 is 7.51. The molecular formula is C23H25N3O3. The number of carbonyl (C=O) groups excluding carboxylic acids is 2. The van der Waals surface area contributed by atoms with Crippen LogP contribution in [-0.4, -0.2) is 29.2 Å². The van der Waals surface area contributed by atoms with Crippen LogP contribution in [0.25, 0.3) is 10.9 Å². The molecule has 1 N–H and O–H groups in total. The molecule has 6 nitrogen and oxygen atoms in total. The molecule has 1 atom stereocenters. The number of rotatable bonds is 2. The van der Waals surface area contributed by atoms with Crippen LogP contribution in [0.15, 0.2) is 54.7 Å². The molecule has 2 amide bonds. The highest BCUT2D eigenvalue weighted by Crippen LogP contribution is 2.46. The van der Waals surface area contributed by atoms with Crippen molar-refractivity contribution in [1.82, 2.24) is 9.88 Å². The summed E-state index contributed by atoms with van der Waals surface area (Å²) in [5.74, 6) is -0.221. The molecule has 0 saturated carbocycles. The van der Waals surface area contributed by atoms with Crippen LogP contribution in [0.3, 0.4) is 0 Å². The molecule has 6 heteroatoms. The predicted molar refractivity (Wildman–Crippen MR) is 113 cm³/mol. The van der Waals surface area contributed by atoms with Crippen molar-refractivity contribution in [3.05, 3.63) is 65.9 Å². The molecule has 0 aliphatic carbocycles. The van der Waals surface area contributed by atoms with E-state index in [-0.39, 0.29) is 5.91 Å². The first-order valence-corrected chi connectivity index (χ1v) is 9.58. The average Bonchev–Trinajstić information content (AvgIpc) is 3.10. The normalized spacial score (nSPS) is 18.8. The van der Waals surface area contributed by atoms with Crippen LogP contribution >= 0.6 is 0 Å². The van der Waals surface area contributed by atoms with Crippen molar-refractivity contribution >= 4 is 28.6 Å². The monoisotopic (exact) mass is 391 g/mol. The molecule has 0 fully saturated rings. The Hall–Kier alpha value is -3.28. The zero-order valence-electron chi connectivity index (χ0n) is 17.3. The third kappa shape index (κ3) is 2.87. The van der Waals surface area contributed by atoms with Crippen molar-refractivity contribution in [2.45, 2.75) is 31.9 Å². The Bertz CT molecular complexity index is 1130. The molecule has 0 spiro atoms. The molecule has 3 aromatic rings. The molecule has 0 radical (unpaired) electrons. The van der Waals surface area contributed by atoms with Gasteiger partial charge in [0.05, 0.1) is 0 Å². The molecule has 0 bridgehead atoms. The average molecular weight is 391 g/mol. The summed E-state index contributed by atoms with van der Waals surface area (Å²) in [6.45, 7) is 5.40. The predicted octanol–water partition coefficient (Wildman–Crippen LogP) is 3.92. The molecule has 0 saturated heterocycles. The number of ether oxygens (including phenoxy) is 1. The van der Waals surface area contributed by atoms with E-state index in [1.807, 2.05) is 66.3 Å². The zero-order valence-corrected chi connectivity index (χ0v) is 17.3. The van der Waals surface area contributed by atoms with E-state index in [4.69, 9.17) is 4.74 Å². The van der Waals surface area contributed by atoms with Gasteiger partial charge in [0.15, 0.2) is 5.54 Å². The second-order valence-corrected chi connectivity index (χ2v) is 8.43. The summed E-state index contributed by atoms with van der Waals surface area (Å²) in [5, 5.41) is 3.85. The number of fused-ring (bicyclic) bond motifs is 2.